The SMILES string of the molecule is CN(C)C(CNCc1ccccc1N)c1ccccc1. The summed E-state index contributed by atoms with van der Waals surface area (Å²) in [7, 11) is 4.21. The monoisotopic (exact) mass is 269 g/mol. The lowest BCUT2D eigenvalue weighted by Crippen LogP contribution is -2.30. The number of nitrogen functional groups attached to an aromatic ring is 1. The predicted molar refractivity (Wildman–Crippen MR) is 85.4 cm³/mol. The average Bonchev–Trinajstić information content (AvgIpc) is 2.46. The maximum atomic E-state index is 5.96. The van der Waals surface area contributed by atoms with Crippen LogP contribution in [0.2, 0.25) is 0 Å². The Labute approximate surface area is 121 Å². The van der Waals surface area contributed by atoms with Gasteiger partial charge in [0.05, 0.1) is 0 Å². The maximum absolute atomic E-state index is 5.96. The van der Waals surface area contributed by atoms with E-state index < -0.39 is 0 Å². The molecule has 2 rings (SSSR count). The van der Waals surface area contributed by atoms with Gasteiger partial charge in [-0.25, -0.2) is 0 Å². The van der Waals surface area contributed by atoms with Crippen LogP contribution >= 0.6 is 0 Å². The molecule has 0 aliphatic heterocycles. The molecule has 1 atom stereocenters. The predicted octanol–water partition coefficient (Wildman–Crippen LogP) is 2.66. The number of nitrogens with two attached hydrogens (primary N) is 1. The molecule has 0 aliphatic rings. The number of para-hydroxylation sites is 1. The molecule has 106 valence electrons. The third-order valence-electron chi connectivity index (χ3n) is 3.52. The van der Waals surface area contributed by atoms with E-state index in [-0.39, 0.29) is 0 Å². The van der Waals surface area contributed by atoms with Crippen molar-refractivity contribution in [1.29, 1.82) is 0 Å². The molecule has 2 aromatic rings. The summed E-state index contributed by atoms with van der Waals surface area (Å²) in [5, 5.41) is 3.50. The summed E-state index contributed by atoms with van der Waals surface area (Å²) in [5.41, 5.74) is 9.28. The Morgan fingerprint density at radius 1 is 1.00 bits per heavy atom. The summed E-state index contributed by atoms with van der Waals surface area (Å²) in [6, 6.07) is 18.9. The summed E-state index contributed by atoms with van der Waals surface area (Å²) in [6.07, 6.45) is 0. The van der Waals surface area contributed by atoms with Crippen molar-refractivity contribution in [3.05, 3.63) is 65.7 Å². The first kappa shape index (κ1) is 14.6. The van der Waals surface area contributed by atoms with Gasteiger partial charge in [-0.3, -0.25) is 0 Å². The molecule has 0 radical (unpaired) electrons. The van der Waals surface area contributed by atoms with Gasteiger partial charge in [0.1, 0.15) is 0 Å². The Morgan fingerprint density at radius 3 is 2.30 bits per heavy atom. The van der Waals surface area contributed by atoms with Crippen molar-refractivity contribution in [3.8, 4) is 0 Å². The third kappa shape index (κ3) is 3.83. The number of anilines is 1. The fraction of sp³-hybridized carbons (Fsp3) is 0.294. The van der Waals surface area contributed by atoms with Crippen LogP contribution in [0.25, 0.3) is 0 Å². The van der Waals surface area contributed by atoms with Gasteiger partial charge < -0.3 is 16.0 Å². The van der Waals surface area contributed by atoms with Crippen LogP contribution in [0.1, 0.15) is 17.2 Å². The molecule has 0 aliphatic carbocycles. The lowest BCUT2D eigenvalue weighted by molar-refractivity contribution is 0.288. The van der Waals surface area contributed by atoms with E-state index in [1.807, 2.05) is 24.3 Å². The molecule has 0 aromatic heterocycles. The van der Waals surface area contributed by atoms with Crippen molar-refractivity contribution in [2.45, 2.75) is 12.6 Å². The van der Waals surface area contributed by atoms with Gasteiger partial charge in [0.25, 0.3) is 0 Å². The molecule has 3 heteroatoms. The second kappa shape index (κ2) is 7.08. The highest BCUT2D eigenvalue weighted by molar-refractivity contribution is 5.46. The second-order valence-electron chi connectivity index (χ2n) is 5.22. The van der Waals surface area contributed by atoms with Crippen LogP contribution in [0.5, 0.6) is 0 Å². The average molecular weight is 269 g/mol. The molecule has 0 bridgehead atoms. The first-order valence-electron chi connectivity index (χ1n) is 6.94. The molecule has 0 fully saturated rings. The molecule has 2 aromatic carbocycles. The molecule has 0 heterocycles. The van der Waals surface area contributed by atoms with Gasteiger partial charge in [0.2, 0.25) is 0 Å². The Morgan fingerprint density at radius 2 is 1.65 bits per heavy atom. The highest BCUT2D eigenvalue weighted by Crippen LogP contribution is 2.17. The molecule has 0 saturated carbocycles. The topological polar surface area (TPSA) is 41.3 Å². The van der Waals surface area contributed by atoms with E-state index in [1.54, 1.807) is 0 Å². The fourth-order valence-electron chi connectivity index (χ4n) is 2.31. The normalized spacial score (nSPS) is 12.6. The van der Waals surface area contributed by atoms with Crippen molar-refractivity contribution < 1.29 is 0 Å². The van der Waals surface area contributed by atoms with Crippen LogP contribution in [0.3, 0.4) is 0 Å². The van der Waals surface area contributed by atoms with Crippen molar-refractivity contribution in [1.82, 2.24) is 10.2 Å². The Kier molecular flexibility index (Phi) is 5.16. The Hall–Kier alpha value is -1.84. The van der Waals surface area contributed by atoms with E-state index in [2.05, 4.69) is 54.6 Å². The van der Waals surface area contributed by atoms with Gasteiger partial charge in [-0.2, -0.15) is 0 Å². The number of hydrogen-bond donors (Lipinski definition) is 2. The van der Waals surface area contributed by atoms with Crippen LogP contribution in [0.15, 0.2) is 54.6 Å². The minimum Gasteiger partial charge on any atom is -0.398 e. The van der Waals surface area contributed by atoms with Crippen LogP contribution in [0.4, 0.5) is 5.69 Å². The standard InChI is InChI=1S/C17H23N3/c1-20(2)17(14-8-4-3-5-9-14)13-19-12-15-10-6-7-11-16(15)18/h3-11,17,19H,12-13,18H2,1-2H3. The molecule has 1 unspecified atom stereocenters. The fourth-order valence-corrected chi connectivity index (χ4v) is 2.31. The van der Waals surface area contributed by atoms with Crippen LogP contribution in [-0.2, 0) is 6.54 Å². The molecular weight excluding hydrogens is 246 g/mol. The number of benzene rings is 2. The van der Waals surface area contributed by atoms with Crippen LogP contribution in [0, 0.1) is 0 Å². The van der Waals surface area contributed by atoms with Gasteiger partial charge in [0.15, 0.2) is 0 Å². The number of rotatable bonds is 6. The van der Waals surface area contributed by atoms with Crippen LogP contribution < -0.4 is 11.1 Å². The van der Waals surface area contributed by atoms with E-state index in [0.29, 0.717) is 6.04 Å². The number of hydrogen-bond acceptors (Lipinski definition) is 3. The molecule has 3 N–H and O–H groups in total. The number of nitrogens with zero attached hydrogens (tertiary/aromatic N) is 1. The number of nitrogens with one attached hydrogen (secondary N) is 1. The summed E-state index contributed by atoms with van der Waals surface area (Å²) in [6.45, 7) is 1.69. The van der Waals surface area contributed by atoms with Gasteiger partial charge in [0, 0.05) is 24.8 Å². The summed E-state index contributed by atoms with van der Waals surface area (Å²) < 4.78 is 0. The van der Waals surface area contributed by atoms with E-state index in [0.717, 1.165) is 24.3 Å². The molecule has 3 nitrogen and oxygen atoms in total. The second-order valence-corrected chi connectivity index (χ2v) is 5.22. The first-order chi connectivity index (χ1) is 9.68. The highest BCUT2D eigenvalue weighted by atomic mass is 15.1. The van der Waals surface area contributed by atoms with Gasteiger partial charge in [-0.05, 0) is 31.3 Å². The molecular formula is C17H23N3. The Bertz CT molecular complexity index is 523. The zero-order valence-corrected chi connectivity index (χ0v) is 12.2. The van der Waals surface area contributed by atoms with Crippen molar-refractivity contribution in [3.63, 3.8) is 0 Å². The summed E-state index contributed by atoms with van der Waals surface area (Å²) in [4.78, 5) is 2.23. The van der Waals surface area contributed by atoms with E-state index in [9.17, 15) is 0 Å². The molecule has 20 heavy (non-hydrogen) atoms. The molecule has 0 saturated heterocycles. The molecule has 0 spiro atoms. The highest BCUT2D eigenvalue weighted by Gasteiger charge is 2.13. The van der Waals surface area contributed by atoms with Crippen LogP contribution in [-0.4, -0.2) is 25.5 Å². The van der Waals surface area contributed by atoms with Gasteiger partial charge in [-0.1, -0.05) is 48.5 Å². The van der Waals surface area contributed by atoms with Crippen molar-refractivity contribution in [2.24, 2.45) is 0 Å². The Balaban J connectivity index is 1.95. The molecule has 0 amide bonds. The lowest BCUT2D eigenvalue weighted by atomic mass is 10.1. The summed E-state index contributed by atoms with van der Waals surface area (Å²) >= 11 is 0. The zero-order valence-electron chi connectivity index (χ0n) is 12.2. The quantitative estimate of drug-likeness (QED) is 0.792. The van der Waals surface area contributed by atoms with E-state index >= 15 is 0 Å². The minimum absolute atomic E-state index is 0.362. The number of likely N-dealkylation sites (N-methyl/N-ethyl adjacent to an activating group) is 1. The zero-order chi connectivity index (χ0) is 14.4. The summed E-state index contributed by atoms with van der Waals surface area (Å²) in [5.74, 6) is 0. The first-order valence-corrected chi connectivity index (χ1v) is 6.94. The third-order valence-corrected chi connectivity index (χ3v) is 3.52. The van der Waals surface area contributed by atoms with Gasteiger partial charge >= 0.3 is 0 Å². The smallest absolute Gasteiger partial charge is 0.0466 e. The lowest BCUT2D eigenvalue weighted by Gasteiger charge is -2.25. The van der Waals surface area contributed by atoms with Gasteiger partial charge in [-0.15, -0.1) is 0 Å². The largest absolute Gasteiger partial charge is 0.398 e. The van der Waals surface area contributed by atoms with Crippen molar-refractivity contribution >= 4 is 5.69 Å². The van der Waals surface area contributed by atoms with E-state index in [4.69, 9.17) is 5.73 Å². The van der Waals surface area contributed by atoms with Crippen molar-refractivity contribution in [2.75, 3.05) is 26.4 Å². The maximum Gasteiger partial charge on any atom is 0.0466 e. The minimum atomic E-state index is 0.362. The van der Waals surface area contributed by atoms with E-state index in [1.165, 1.54) is 5.56 Å².